The zero-order valence-corrected chi connectivity index (χ0v) is 12.4. The minimum absolute atomic E-state index is 0.249. The summed E-state index contributed by atoms with van der Waals surface area (Å²) in [6, 6.07) is 4.85. The smallest absolute Gasteiger partial charge is 0.0115 e. The molecule has 1 heterocycles. The van der Waals surface area contributed by atoms with Gasteiger partial charge in [0.15, 0.2) is 0 Å². The number of nitrogens with one attached hydrogen (secondary N) is 1. The molecule has 2 nitrogen and oxygen atoms in total. The van der Waals surface area contributed by atoms with Crippen LogP contribution in [0.5, 0.6) is 0 Å². The van der Waals surface area contributed by atoms with Crippen molar-refractivity contribution in [1.29, 1.82) is 0 Å². The molecule has 1 aliphatic rings. The quantitative estimate of drug-likeness (QED) is 0.859. The fraction of sp³-hybridized carbons (Fsp3) is 0.733. The zero-order chi connectivity index (χ0) is 13.0. The molecule has 2 rings (SSSR count). The van der Waals surface area contributed by atoms with Crippen LogP contribution in [0.25, 0.3) is 0 Å². The van der Waals surface area contributed by atoms with Crippen LogP contribution in [0.3, 0.4) is 0 Å². The minimum atomic E-state index is 0.249. The molecule has 3 N–H and O–H groups in total. The maximum absolute atomic E-state index is 5.94. The minimum Gasteiger partial charge on any atom is -0.328 e. The second-order valence-corrected chi connectivity index (χ2v) is 7.22. The molecule has 3 heteroatoms. The van der Waals surface area contributed by atoms with Crippen LogP contribution in [-0.4, -0.2) is 19.1 Å². The Labute approximate surface area is 115 Å². The number of rotatable bonds is 5. The predicted octanol–water partition coefficient (Wildman–Crippen LogP) is 3.13. The molecule has 18 heavy (non-hydrogen) atoms. The van der Waals surface area contributed by atoms with E-state index in [0.717, 1.165) is 19.0 Å². The highest BCUT2D eigenvalue weighted by molar-refractivity contribution is 7.10. The van der Waals surface area contributed by atoms with E-state index in [2.05, 4.69) is 36.7 Å². The molecule has 102 valence electrons. The molecule has 1 saturated carbocycles. The first-order valence-electron chi connectivity index (χ1n) is 7.08. The Morgan fingerprint density at radius 3 is 2.67 bits per heavy atom. The summed E-state index contributed by atoms with van der Waals surface area (Å²) in [5, 5.41) is 5.83. The average Bonchev–Trinajstić information content (AvgIpc) is 2.86. The van der Waals surface area contributed by atoms with Gasteiger partial charge in [0, 0.05) is 22.9 Å². The van der Waals surface area contributed by atoms with Crippen molar-refractivity contribution >= 4 is 11.3 Å². The van der Waals surface area contributed by atoms with Crippen molar-refractivity contribution in [2.45, 2.75) is 51.0 Å². The van der Waals surface area contributed by atoms with Gasteiger partial charge in [-0.1, -0.05) is 19.9 Å². The molecule has 0 aromatic carbocycles. The van der Waals surface area contributed by atoms with Crippen molar-refractivity contribution in [2.24, 2.45) is 11.7 Å². The molecule has 0 amide bonds. The largest absolute Gasteiger partial charge is 0.328 e. The summed E-state index contributed by atoms with van der Waals surface area (Å²) < 4.78 is 0. The molecule has 1 aromatic rings. The Hall–Kier alpha value is -0.380. The van der Waals surface area contributed by atoms with Crippen LogP contribution >= 0.6 is 11.3 Å². The van der Waals surface area contributed by atoms with Gasteiger partial charge in [-0.15, -0.1) is 11.3 Å². The molecule has 0 radical (unpaired) electrons. The lowest BCUT2D eigenvalue weighted by molar-refractivity contribution is 0.307. The van der Waals surface area contributed by atoms with Crippen LogP contribution in [-0.2, 0) is 5.41 Å². The van der Waals surface area contributed by atoms with Gasteiger partial charge in [-0.25, -0.2) is 0 Å². The maximum atomic E-state index is 5.94. The normalized spacial score (nSPS) is 25.3. The van der Waals surface area contributed by atoms with E-state index in [1.165, 1.54) is 30.6 Å². The van der Waals surface area contributed by atoms with Crippen molar-refractivity contribution in [3.63, 3.8) is 0 Å². The number of thiophene rings is 1. The Kier molecular flexibility index (Phi) is 4.82. The molecule has 0 atom stereocenters. The van der Waals surface area contributed by atoms with Gasteiger partial charge in [-0.3, -0.25) is 0 Å². The summed E-state index contributed by atoms with van der Waals surface area (Å²) in [4.78, 5) is 1.47. The first-order chi connectivity index (χ1) is 8.58. The van der Waals surface area contributed by atoms with Gasteiger partial charge in [0.25, 0.3) is 0 Å². The summed E-state index contributed by atoms with van der Waals surface area (Å²) in [6.07, 6.45) is 5.02. The lowest BCUT2D eigenvalue weighted by Gasteiger charge is -2.29. The van der Waals surface area contributed by atoms with E-state index in [9.17, 15) is 0 Å². The third-order valence-corrected chi connectivity index (χ3v) is 5.32. The van der Waals surface area contributed by atoms with E-state index in [-0.39, 0.29) is 5.41 Å². The molecule has 0 saturated heterocycles. The first-order valence-corrected chi connectivity index (χ1v) is 7.96. The standard InChI is InChI=1S/C15H26N2S/c1-15(2,14-4-3-9-18-14)11-17-10-12-5-7-13(16)8-6-12/h3-4,9,12-13,17H,5-8,10-11,16H2,1-2H3. The van der Waals surface area contributed by atoms with Crippen LogP contribution in [0.4, 0.5) is 0 Å². The van der Waals surface area contributed by atoms with Crippen LogP contribution in [0.1, 0.15) is 44.4 Å². The Morgan fingerprint density at radius 2 is 2.06 bits per heavy atom. The second-order valence-electron chi connectivity index (χ2n) is 6.27. The average molecular weight is 266 g/mol. The third kappa shape index (κ3) is 3.81. The van der Waals surface area contributed by atoms with Gasteiger partial charge < -0.3 is 11.1 Å². The van der Waals surface area contributed by atoms with E-state index >= 15 is 0 Å². The summed E-state index contributed by atoms with van der Waals surface area (Å²) in [7, 11) is 0. The fourth-order valence-corrected chi connectivity index (χ4v) is 3.58. The number of nitrogens with two attached hydrogens (primary N) is 1. The first kappa shape index (κ1) is 14.0. The summed E-state index contributed by atoms with van der Waals surface area (Å²) in [5.41, 5.74) is 6.19. The summed E-state index contributed by atoms with van der Waals surface area (Å²) >= 11 is 1.86. The maximum Gasteiger partial charge on any atom is 0.0115 e. The number of hydrogen-bond donors (Lipinski definition) is 2. The van der Waals surface area contributed by atoms with Crippen LogP contribution in [0.2, 0.25) is 0 Å². The van der Waals surface area contributed by atoms with Crippen molar-refractivity contribution < 1.29 is 0 Å². The summed E-state index contributed by atoms with van der Waals surface area (Å²) in [6.45, 7) is 6.86. The van der Waals surface area contributed by atoms with Crippen molar-refractivity contribution in [3.8, 4) is 0 Å². The zero-order valence-electron chi connectivity index (χ0n) is 11.6. The number of hydrogen-bond acceptors (Lipinski definition) is 3. The van der Waals surface area contributed by atoms with E-state index in [1.54, 1.807) is 0 Å². The van der Waals surface area contributed by atoms with Crippen LogP contribution < -0.4 is 11.1 Å². The molecule has 0 unspecified atom stereocenters. The Morgan fingerprint density at radius 1 is 1.33 bits per heavy atom. The topological polar surface area (TPSA) is 38.0 Å². The van der Waals surface area contributed by atoms with E-state index in [1.807, 2.05) is 11.3 Å². The van der Waals surface area contributed by atoms with Gasteiger partial charge in [-0.2, -0.15) is 0 Å². The van der Waals surface area contributed by atoms with Crippen LogP contribution in [0.15, 0.2) is 17.5 Å². The van der Waals surface area contributed by atoms with Gasteiger partial charge in [0.05, 0.1) is 0 Å². The van der Waals surface area contributed by atoms with Crippen molar-refractivity contribution in [3.05, 3.63) is 22.4 Å². The lowest BCUT2D eigenvalue weighted by atomic mass is 9.86. The molecular weight excluding hydrogens is 240 g/mol. The summed E-state index contributed by atoms with van der Waals surface area (Å²) in [5.74, 6) is 0.837. The molecule has 0 spiro atoms. The molecular formula is C15H26N2S. The SMILES string of the molecule is CC(C)(CNCC1CCC(N)CC1)c1cccs1. The van der Waals surface area contributed by atoms with Gasteiger partial charge in [0.2, 0.25) is 0 Å². The van der Waals surface area contributed by atoms with E-state index in [4.69, 9.17) is 5.73 Å². The molecule has 0 bridgehead atoms. The predicted molar refractivity (Wildman–Crippen MR) is 80.1 cm³/mol. The Bertz CT molecular complexity index is 337. The Balaban J connectivity index is 1.72. The van der Waals surface area contributed by atoms with E-state index in [0.29, 0.717) is 6.04 Å². The highest BCUT2D eigenvalue weighted by Crippen LogP contribution is 2.27. The van der Waals surface area contributed by atoms with Crippen molar-refractivity contribution in [2.75, 3.05) is 13.1 Å². The highest BCUT2D eigenvalue weighted by atomic mass is 32.1. The lowest BCUT2D eigenvalue weighted by Crippen LogP contribution is -2.37. The third-order valence-electron chi connectivity index (χ3n) is 4.08. The molecule has 0 aliphatic heterocycles. The fourth-order valence-electron chi connectivity index (χ4n) is 2.73. The molecule has 1 aliphatic carbocycles. The van der Waals surface area contributed by atoms with Gasteiger partial charge >= 0.3 is 0 Å². The van der Waals surface area contributed by atoms with Crippen LogP contribution in [0, 0.1) is 5.92 Å². The molecule has 1 aromatic heterocycles. The monoisotopic (exact) mass is 266 g/mol. The van der Waals surface area contributed by atoms with Crippen molar-refractivity contribution in [1.82, 2.24) is 5.32 Å². The second kappa shape index (κ2) is 6.18. The van der Waals surface area contributed by atoms with Gasteiger partial charge in [0.1, 0.15) is 0 Å². The molecule has 1 fully saturated rings. The van der Waals surface area contributed by atoms with E-state index < -0.39 is 0 Å². The van der Waals surface area contributed by atoms with Gasteiger partial charge in [-0.05, 0) is 49.6 Å². The highest BCUT2D eigenvalue weighted by Gasteiger charge is 2.23.